The Labute approximate surface area is 144 Å². The zero-order valence-electron chi connectivity index (χ0n) is 14.4. The summed E-state index contributed by atoms with van der Waals surface area (Å²) < 4.78 is 0. The lowest BCUT2D eigenvalue weighted by Gasteiger charge is -2.39. The van der Waals surface area contributed by atoms with Crippen LogP contribution in [0.2, 0.25) is 0 Å². The van der Waals surface area contributed by atoms with Crippen LogP contribution in [0.15, 0.2) is 48.8 Å². The number of phenolic OH excluding ortho intramolecular Hbond substituents is 1. The number of hydrogen-bond acceptors (Lipinski definition) is 4. The quantitative estimate of drug-likeness (QED) is 0.885. The number of likely N-dealkylation sites (tertiary alicyclic amines) is 1. The number of likely N-dealkylation sites (N-methyl/N-ethyl adjacent to an activating group) is 1. The van der Waals surface area contributed by atoms with E-state index >= 15 is 0 Å². The van der Waals surface area contributed by atoms with Crippen LogP contribution in [0.25, 0.3) is 0 Å². The van der Waals surface area contributed by atoms with Gasteiger partial charge in [0.15, 0.2) is 0 Å². The lowest BCUT2D eigenvalue weighted by Crippen LogP contribution is -2.47. The van der Waals surface area contributed by atoms with Crippen LogP contribution in [-0.4, -0.2) is 45.6 Å². The molecule has 1 aliphatic rings. The summed E-state index contributed by atoms with van der Waals surface area (Å²) in [4.78, 5) is 9.14. The second-order valence-electron chi connectivity index (χ2n) is 6.58. The lowest BCUT2D eigenvalue weighted by molar-refractivity contribution is 0.0913. The number of benzene rings is 1. The molecule has 0 radical (unpaired) electrons. The molecule has 2 aromatic rings. The van der Waals surface area contributed by atoms with Gasteiger partial charge in [0, 0.05) is 43.6 Å². The van der Waals surface area contributed by atoms with Gasteiger partial charge in [-0.15, -0.1) is 0 Å². The monoisotopic (exact) mass is 325 g/mol. The number of rotatable bonds is 6. The minimum Gasteiger partial charge on any atom is -0.508 e. The van der Waals surface area contributed by atoms with Crippen LogP contribution in [0.4, 0.5) is 0 Å². The fourth-order valence-electron chi connectivity index (χ4n) is 3.58. The van der Waals surface area contributed by atoms with Crippen LogP contribution >= 0.6 is 0 Å². The van der Waals surface area contributed by atoms with E-state index in [-0.39, 0.29) is 0 Å². The summed E-state index contributed by atoms with van der Waals surface area (Å²) in [6, 6.07) is 12.5. The predicted octanol–water partition coefficient (Wildman–Crippen LogP) is 3.27. The molecule has 0 saturated carbocycles. The third kappa shape index (κ3) is 4.34. The number of aromatic hydroxyl groups is 1. The minimum absolute atomic E-state index is 0.406. The molecule has 0 aliphatic carbocycles. The highest BCUT2D eigenvalue weighted by Crippen LogP contribution is 2.23. The molecule has 0 amide bonds. The average molecular weight is 325 g/mol. The van der Waals surface area contributed by atoms with Crippen LogP contribution in [0.3, 0.4) is 0 Å². The molecule has 1 aliphatic heterocycles. The van der Waals surface area contributed by atoms with Gasteiger partial charge in [0.25, 0.3) is 0 Å². The normalized spacial score (nSPS) is 18.8. The molecule has 128 valence electrons. The molecule has 3 rings (SSSR count). The molecule has 1 unspecified atom stereocenters. The second-order valence-corrected chi connectivity index (χ2v) is 6.58. The highest BCUT2D eigenvalue weighted by Gasteiger charge is 2.25. The molecule has 4 nitrogen and oxygen atoms in total. The fourth-order valence-corrected chi connectivity index (χ4v) is 3.58. The summed E-state index contributed by atoms with van der Waals surface area (Å²) in [5, 5.41) is 10.0. The molecule has 1 fully saturated rings. The standard InChI is InChI=1S/C20H27N3O/c1-2-23(14-17-9-11-21-12-10-17)19-7-5-13-22(16-19)15-18-6-3-4-8-20(18)24/h3-4,6,8-12,19,24H,2,5,7,13-16H2,1H3. The van der Waals surface area contributed by atoms with Crippen LogP contribution in [0.1, 0.15) is 30.9 Å². The predicted molar refractivity (Wildman–Crippen MR) is 96.7 cm³/mol. The molecule has 1 saturated heterocycles. The van der Waals surface area contributed by atoms with Gasteiger partial charge >= 0.3 is 0 Å². The third-order valence-corrected chi connectivity index (χ3v) is 4.92. The highest BCUT2D eigenvalue weighted by molar-refractivity contribution is 5.31. The summed E-state index contributed by atoms with van der Waals surface area (Å²) >= 11 is 0. The second kappa shape index (κ2) is 8.27. The Morgan fingerprint density at radius 2 is 2.00 bits per heavy atom. The van der Waals surface area contributed by atoms with Crippen molar-refractivity contribution >= 4 is 0 Å². The van der Waals surface area contributed by atoms with Crippen LogP contribution < -0.4 is 0 Å². The SMILES string of the molecule is CCN(Cc1ccncc1)C1CCCN(Cc2ccccc2O)C1. The third-order valence-electron chi connectivity index (χ3n) is 4.92. The first-order valence-electron chi connectivity index (χ1n) is 8.88. The van der Waals surface area contributed by atoms with Gasteiger partial charge in [-0.1, -0.05) is 25.1 Å². The van der Waals surface area contributed by atoms with Crippen molar-refractivity contribution in [3.05, 3.63) is 59.9 Å². The van der Waals surface area contributed by atoms with Gasteiger partial charge in [-0.2, -0.15) is 0 Å². The Bertz CT molecular complexity index is 632. The van der Waals surface area contributed by atoms with Gasteiger partial charge in [0.05, 0.1) is 0 Å². The topological polar surface area (TPSA) is 39.6 Å². The van der Waals surface area contributed by atoms with Gasteiger partial charge in [-0.25, -0.2) is 0 Å². The van der Waals surface area contributed by atoms with Crippen LogP contribution in [-0.2, 0) is 13.1 Å². The van der Waals surface area contributed by atoms with E-state index in [2.05, 4.69) is 33.8 Å². The number of piperidine rings is 1. The van der Waals surface area contributed by atoms with E-state index in [0.717, 1.165) is 38.3 Å². The lowest BCUT2D eigenvalue weighted by atomic mass is 10.0. The number of aromatic nitrogens is 1. The summed E-state index contributed by atoms with van der Waals surface area (Å²) in [5.41, 5.74) is 2.35. The Hall–Kier alpha value is -1.91. The first-order valence-corrected chi connectivity index (χ1v) is 8.88. The molecule has 1 N–H and O–H groups in total. The molecular formula is C20H27N3O. The first kappa shape index (κ1) is 16.9. The molecule has 0 bridgehead atoms. The maximum absolute atomic E-state index is 10.0. The van der Waals surface area contributed by atoms with E-state index in [1.165, 1.54) is 18.4 Å². The van der Waals surface area contributed by atoms with Crippen molar-refractivity contribution in [2.24, 2.45) is 0 Å². The zero-order valence-corrected chi connectivity index (χ0v) is 14.4. The molecular weight excluding hydrogens is 298 g/mol. The molecule has 1 aromatic heterocycles. The van der Waals surface area contributed by atoms with Crippen LogP contribution in [0, 0.1) is 0 Å². The van der Waals surface area contributed by atoms with E-state index in [1.807, 2.05) is 30.6 Å². The first-order chi connectivity index (χ1) is 11.8. The number of phenols is 1. The number of para-hydroxylation sites is 1. The molecule has 2 heterocycles. The zero-order chi connectivity index (χ0) is 16.8. The fraction of sp³-hybridized carbons (Fsp3) is 0.450. The van der Waals surface area contributed by atoms with Gasteiger partial charge in [0.1, 0.15) is 5.75 Å². The van der Waals surface area contributed by atoms with Crippen molar-refractivity contribution < 1.29 is 5.11 Å². The maximum atomic E-state index is 10.0. The molecule has 0 spiro atoms. The van der Waals surface area contributed by atoms with E-state index in [1.54, 1.807) is 6.07 Å². The number of hydrogen-bond donors (Lipinski definition) is 1. The average Bonchev–Trinajstić information content (AvgIpc) is 2.63. The summed E-state index contributed by atoms with van der Waals surface area (Å²) in [6.07, 6.45) is 6.20. The van der Waals surface area contributed by atoms with E-state index < -0.39 is 0 Å². The van der Waals surface area contributed by atoms with E-state index in [0.29, 0.717) is 11.8 Å². The van der Waals surface area contributed by atoms with Crippen molar-refractivity contribution in [2.75, 3.05) is 19.6 Å². The maximum Gasteiger partial charge on any atom is 0.120 e. The number of pyridine rings is 1. The molecule has 1 atom stereocenters. The summed E-state index contributed by atoms with van der Waals surface area (Å²) in [5.74, 6) is 0.406. The Kier molecular flexibility index (Phi) is 5.83. The molecule has 1 aromatic carbocycles. The van der Waals surface area contributed by atoms with E-state index in [4.69, 9.17) is 0 Å². The smallest absolute Gasteiger partial charge is 0.120 e. The van der Waals surface area contributed by atoms with Crippen molar-refractivity contribution in [1.82, 2.24) is 14.8 Å². The highest BCUT2D eigenvalue weighted by atomic mass is 16.3. The van der Waals surface area contributed by atoms with Crippen molar-refractivity contribution in [2.45, 2.75) is 38.9 Å². The largest absolute Gasteiger partial charge is 0.508 e. The van der Waals surface area contributed by atoms with E-state index in [9.17, 15) is 5.11 Å². The van der Waals surface area contributed by atoms with Crippen LogP contribution in [0.5, 0.6) is 5.75 Å². The Morgan fingerprint density at radius 1 is 1.21 bits per heavy atom. The van der Waals surface area contributed by atoms with Gasteiger partial charge in [-0.05, 0) is 49.7 Å². The van der Waals surface area contributed by atoms with Gasteiger partial charge in [-0.3, -0.25) is 14.8 Å². The Morgan fingerprint density at radius 3 is 2.75 bits per heavy atom. The summed E-state index contributed by atoms with van der Waals surface area (Å²) in [7, 11) is 0. The molecule has 4 heteroatoms. The van der Waals surface area contributed by atoms with Crippen molar-refractivity contribution in [3.63, 3.8) is 0 Å². The van der Waals surface area contributed by atoms with Gasteiger partial charge < -0.3 is 5.11 Å². The van der Waals surface area contributed by atoms with Crippen molar-refractivity contribution in [1.29, 1.82) is 0 Å². The minimum atomic E-state index is 0.406. The molecule has 24 heavy (non-hydrogen) atoms. The van der Waals surface area contributed by atoms with Gasteiger partial charge in [0.2, 0.25) is 0 Å². The Balaban J connectivity index is 1.62. The number of nitrogens with zero attached hydrogens (tertiary/aromatic N) is 3. The summed E-state index contributed by atoms with van der Waals surface area (Å²) in [6.45, 7) is 7.27. The van der Waals surface area contributed by atoms with Crippen molar-refractivity contribution in [3.8, 4) is 5.75 Å².